The van der Waals surface area contributed by atoms with Crippen LogP contribution in [0.2, 0.25) is 0 Å². The van der Waals surface area contributed by atoms with E-state index in [0.717, 1.165) is 48.5 Å². The average Bonchev–Trinajstić information content (AvgIpc) is 3.01. The molecule has 0 saturated heterocycles. The Kier molecular flexibility index (Phi) is 19.8. The molecule has 0 aromatic heterocycles. The van der Waals surface area contributed by atoms with Gasteiger partial charge in [-0.2, -0.15) is 0 Å². The Morgan fingerprint density at radius 2 is 0.481 bits per heavy atom. The molecule has 0 atom stereocenters. The second kappa shape index (κ2) is 20.3. The van der Waals surface area contributed by atoms with E-state index in [1.807, 2.05) is 0 Å². The number of hydrogen-bond acceptors (Lipinski definition) is 12. The largest absolute Gasteiger partial charge is 1.00 e. The van der Waals surface area contributed by atoms with Gasteiger partial charge in [0.1, 0.15) is 40.5 Å². The summed E-state index contributed by atoms with van der Waals surface area (Å²) < 4.78 is 140. The van der Waals surface area contributed by atoms with Crippen LogP contribution in [0.25, 0.3) is 0 Å². The molecule has 0 heterocycles. The molecule has 0 spiro atoms. The van der Waals surface area contributed by atoms with Gasteiger partial charge in [0.25, 0.3) is 0 Å². The molecular formula is C30H20Na4O12P2S4. The van der Waals surface area contributed by atoms with Crippen molar-refractivity contribution in [2.24, 2.45) is 0 Å². The molecule has 0 aliphatic rings. The number of hydrogen-bond donors (Lipinski definition) is 0. The van der Waals surface area contributed by atoms with Crippen LogP contribution in [0.15, 0.2) is 141 Å². The summed E-state index contributed by atoms with van der Waals surface area (Å²) in [6.07, 6.45) is 0. The third kappa shape index (κ3) is 12.5. The summed E-state index contributed by atoms with van der Waals surface area (Å²) in [5, 5.41) is 3.37. The maximum absolute atomic E-state index is 11.7. The molecule has 0 aliphatic carbocycles. The Morgan fingerprint density at radius 3 is 0.635 bits per heavy atom. The maximum atomic E-state index is 11.7. The van der Waals surface area contributed by atoms with Crippen molar-refractivity contribution in [3.63, 3.8) is 0 Å². The van der Waals surface area contributed by atoms with Gasteiger partial charge >= 0.3 is 118 Å². The summed E-state index contributed by atoms with van der Waals surface area (Å²) in [6, 6.07) is 27.6. The first-order valence-electron chi connectivity index (χ1n) is 13.3. The first-order chi connectivity index (χ1) is 22.3. The van der Waals surface area contributed by atoms with Gasteiger partial charge in [-0.3, -0.25) is 0 Å². The van der Waals surface area contributed by atoms with E-state index in [-0.39, 0.29) is 118 Å². The fraction of sp³-hybridized carbons (Fsp3) is 0. The summed E-state index contributed by atoms with van der Waals surface area (Å²) in [4.78, 5) is -1.92. The first-order valence-corrected chi connectivity index (χ1v) is 21.6. The molecule has 52 heavy (non-hydrogen) atoms. The SMILES string of the molecule is O=S(=O)([O-])c1ccc(P(c2ccc(S(=O)(=O)[O-])cc2)c2ccccc2P(c2ccc(S(=O)(=O)[O-])cc2)c2ccc(S(=O)(=O)[O-])cc2)cc1.[Na+].[Na+].[Na+].[Na+]. The van der Waals surface area contributed by atoms with Crippen LogP contribution in [0.3, 0.4) is 0 Å². The Balaban J connectivity index is 0.00000338. The minimum absolute atomic E-state index is 0. The van der Waals surface area contributed by atoms with Crippen LogP contribution in [0.4, 0.5) is 0 Å². The summed E-state index contributed by atoms with van der Waals surface area (Å²) in [5.41, 5.74) is 0. The van der Waals surface area contributed by atoms with Crippen molar-refractivity contribution in [1.29, 1.82) is 0 Å². The molecular weight excluding hydrogens is 834 g/mol. The van der Waals surface area contributed by atoms with Crippen molar-refractivity contribution in [3.05, 3.63) is 121 Å². The van der Waals surface area contributed by atoms with Crippen LogP contribution < -0.4 is 150 Å². The van der Waals surface area contributed by atoms with Crippen LogP contribution in [0.5, 0.6) is 0 Å². The molecule has 5 aromatic carbocycles. The topological polar surface area (TPSA) is 229 Å². The fourth-order valence-electron chi connectivity index (χ4n) is 4.74. The van der Waals surface area contributed by atoms with Crippen molar-refractivity contribution < 1.29 is 170 Å². The first kappa shape index (κ1) is 50.6. The number of rotatable bonds is 10. The smallest absolute Gasteiger partial charge is 0.744 e. The van der Waals surface area contributed by atoms with E-state index in [9.17, 15) is 51.9 Å². The predicted molar refractivity (Wildman–Crippen MR) is 176 cm³/mol. The Morgan fingerprint density at radius 1 is 0.308 bits per heavy atom. The predicted octanol–water partition coefficient (Wildman–Crippen LogP) is -11.2. The molecule has 0 saturated carbocycles. The minimum atomic E-state index is -4.79. The van der Waals surface area contributed by atoms with Crippen molar-refractivity contribution in [1.82, 2.24) is 0 Å². The molecule has 0 aliphatic heterocycles. The fourth-order valence-corrected chi connectivity index (χ4v) is 11.8. The van der Waals surface area contributed by atoms with E-state index in [1.165, 1.54) is 48.5 Å². The van der Waals surface area contributed by atoms with Crippen LogP contribution in [-0.2, 0) is 40.5 Å². The summed E-state index contributed by atoms with van der Waals surface area (Å²) in [6.45, 7) is 0. The van der Waals surface area contributed by atoms with Gasteiger partial charge in [0.15, 0.2) is 0 Å². The van der Waals surface area contributed by atoms with Crippen molar-refractivity contribution in [2.45, 2.75) is 19.6 Å². The van der Waals surface area contributed by atoms with E-state index in [1.54, 1.807) is 24.3 Å². The minimum Gasteiger partial charge on any atom is -0.744 e. The Hall–Kier alpha value is 0.600. The van der Waals surface area contributed by atoms with Crippen LogP contribution in [0.1, 0.15) is 0 Å². The zero-order chi connectivity index (χ0) is 35.1. The Labute approximate surface area is 393 Å². The molecule has 22 heteroatoms. The monoisotopic (exact) mass is 854 g/mol. The molecule has 0 fully saturated rings. The molecule has 12 nitrogen and oxygen atoms in total. The third-order valence-electron chi connectivity index (χ3n) is 6.90. The molecule has 5 rings (SSSR count). The second-order valence-electron chi connectivity index (χ2n) is 9.95. The third-order valence-corrected chi connectivity index (χ3v) is 15.5. The van der Waals surface area contributed by atoms with Gasteiger partial charge in [-0.15, -0.1) is 0 Å². The van der Waals surface area contributed by atoms with Gasteiger partial charge in [0, 0.05) is 0 Å². The zero-order valence-electron chi connectivity index (χ0n) is 28.0. The van der Waals surface area contributed by atoms with Crippen LogP contribution in [-0.4, -0.2) is 51.9 Å². The molecule has 0 bridgehead atoms. The molecule has 0 unspecified atom stereocenters. The van der Waals surface area contributed by atoms with Crippen LogP contribution in [0, 0.1) is 0 Å². The summed E-state index contributed by atoms with van der Waals surface area (Å²) >= 11 is 0. The molecule has 0 N–H and O–H groups in total. The maximum Gasteiger partial charge on any atom is 1.00 e. The van der Waals surface area contributed by atoms with Gasteiger partial charge in [-0.1, -0.05) is 72.8 Å². The van der Waals surface area contributed by atoms with Gasteiger partial charge in [-0.25, -0.2) is 33.7 Å². The molecule has 0 amide bonds. The molecule has 5 aromatic rings. The second-order valence-corrected chi connectivity index (χ2v) is 19.8. The summed E-state index contributed by atoms with van der Waals surface area (Å²) in [5.74, 6) is 0. The van der Waals surface area contributed by atoms with E-state index in [4.69, 9.17) is 0 Å². The van der Waals surface area contributed by atoms with Gasteiger partial charge in [0.2, 0.25) is 0 Å². The van der Waals surface area contributed by atoms with Crippen molar-refractivity contribution in [3.8, 4) is 0 Å². The average molecular weight is 855 g/mol. The van der Waals surface area contributed by atoms with Gasteiger partial charge in [-0.05, 0) is 96.2 Å². The standard InChI is InChI=1S/C30H24O12P2S4.4Na/c31-45(32,33)25-13-5-21(6-14-25)43(22-7-15-26(16-8-22)46(34,35)36)29-3-1-2-4-30(29)44(23-9-17-27(18-10-23)47(37,38)39)24-11-19-28(20-12-24)48(40,41)42;;;;/h1-20H,(H,31,32,33)(H,34,35,36)(H,37,38,39)(H,40,41,42);;;;/q;4*+1/p-4. The van der Waals surface area contributed by atoms with E-state index >= 15 is 0 Å². The van der Waals surface area contributed by atoms with E-state index < -0.39 is 75.9 Å². The van der Waals surface area contributed by atoms with Gasteiger partial charge < -0.3 is 18.2 Å². The van der Waals surface area contributed by atoms with Crippen LogP contribution >= 0.6 is 15.8 Å². The number of benzene rings is 5. The van der Waals surface area contributed by atoms with Crippen molar-refractivity contribution >= 4 is 88.1 Å². The van der Waals surface area contributed by atoms with E-state index in [0.29, 0.717) is 31.8 Å². The molecule has 250 valence electrons. The zero-order valence-corrected chi connectivity index (χ0v) is 41.0. The Bertz CT molecular complexity index is 2110. The summed E-state index contributed by atoms with van der Waals surface area (Å²) in [7, 11) is -22.5. The van der Waals surface area contributed by atoms with E-state index in [2.05, 4.69) is 0 Å². The van der Waals surface area contributed by atoms with Crippen molar-refractivity contribution in [2.75, 3.05) is 0 Å². The normalized spacial score (nSPS) is 11.8. The molecule has 0 radical (unpaired) electrons. The van der Waals surface area contributed by atoms with Gasteiger partial charge in [0.05, 0.1) is 19.6 Å². The quantitative estimate of drug-likeness (QED) is 0.0725.